The highest BCUT2D eigenvalue weighted by atomic mass is 16.5. The molecular formula is C13H14NO6-. The first-order valence-electron chi connectivity index (χ1n) is 6.09. The van der Waals surface area contributed by atoms with Gasteiger partial charge in [0, 0.05) is 6.54 Å². The number of amides is 1. The van der Waals surface area contributed by atoms with E-state index in [2.05, 4.69) is 0 Å². The number of carbonyl (C=O) groups is 2. The standard InChI is InChI=1S/C13H15NO6/c1-8(13(17)18)20-10-4-2-3-9-12(10)19-7-11(16)14(9)5-6-15/h2-4,8,15H,5-7H2,1H3,(H,17,18)/p-1. The second-order valence-corrected chi connectivity index (χ2v) is 4.24. The highest BCUT2D eigenvalue weighted by Crippen LogP contribution is 2.40. The molecule has 0 radical (unpaired) electrons. The van der Waals surface area contributed by atoms with Crippen LogP contribution in [0, 0.1) is 0 Å². The van der Waals surface area contributed by atoms with Crippen molar-refractivity contribution in [2.24, 2.45) is 0 Å². The fourth-order valence-corrected chi connectivity index (χ4v) is 1.88. The number of aliphatic hydroxyl groups excluding tert-OH is 1. The average Bonchev–Trinajstić information content (AvgIpc) is 2.42. The van der Waals surface area contributed by atoms with Crippen molar-refractivity contribution in [3.05, 3.63) is 18.2 Å². The van der Waals surface area contributed by atoms with Crippen molar-refractivity contribution in [3.63, 3.8) is 0 Å². The predicted octanol–water partition coefficient (Wildman–Crippen LogP) is -1.08. The molecule has 1 unspecified atom stereocenters. The van der Waals surface area contributed by atoms with E-state index in [9.17, 15) is 14.7 Å². The lowest BCUT2D eigenvalue weighted by Gasteiger charge is -2.30. The number of nitrogens with zero attached hydrogens (tertiary/aromatic N) is 1. The van der Waals surface area contributed by atoms with E-state index >= 15 is 0 Å². The third-order valence-corrected chi connectivity index (χ3v) is 2.85. The fraction of sp³-hybridized carbons (Fsp3) is 0.385. The van der Waals surface area contributed by atoms with Crippen LogP contribution in [0.1, 0.15) is 6.92 Å². The number of fused-ring (bicyclic) bond motifs is 1. The van der Waals surface area contributed by atoms with Gasteiger partial charge in [-0.25, -0.2) is 0 Å². The van der Waals surface area contributed by atoms with E-state index in [1.54, 1.807) is 18.2 Å². The van der Waals surface area contributed by atoms with E-state index in [1.165, 1.54) is 11.8 Å². The lowest BCUT2D eigenvalue weighted by atomic mass is 10.2. The first kappa shape index (κ1) is 14.1. The van der Waals surface area contributed by atoms with Gasteiger partial charge < -0.3 is 29.4 Å². The van der Waals surface area contributed by atoms with Gasteiger partial charge in [0.25, 0.3) is 5.91 Å². The summed E-state index contributed by atoms with van der Waals surface area (Å²) in [7, 11) is 0. The van der Waals surface area contributed by atoms with Crippen LogP contribution in [0.25, 0.3) is 0 Å². The third-order valence-electron chi connectivity index (χ3n) is 2.85. The lowest BCUT2D eigenvalue weighted by Crippen LogP contribution is -2.41. The number of hydrogen-bond donors (Lipinski definition) is 1. The molecular weight excluding hydrogens is 266 g/mol. The zero-order chi connectivity index (χ0) is 14.7. The summed E-state index contributed by atoms with van der Waals surface area (Å²) in [6.07, 6.45) is -1.14. The Bertz CT molecular complexity index is 530. The molecule has 1 heterocycles. The van der Waals surface area contributed by atoms with Gasteiger partial charge in [-0.05, 0) is 19.1 Å². The Kier molecular flexibility index (Phi) is 4.09. The maximum atomic E-state index is 11.7. The molecule has 0 saturated heterocycles. The topological polar surface area (TPSA) is 99.1 Å². The number of rotatable bonds is 5. The molecule has 1 aromatic carbocycles. The second-order valence-electron chi connectivity index (χ2n) is 4.24. The van der Waals surface area contributed by atoms with E-state index in [0.29, 0.717) is 5.69 Å². The summed E-state index contributed by atoms with van der Waals surface area (Å²) in [5, 5.41) is 19.7. The number of anilines is 1. The summed E-state index contributed by atoms with van der Waals surface area (Å²) in [6, 6.07) is 4.80. The van der Waals surface area contributed by atoms with E-state index in [-0.39, 0.29) is 37.2 Å². The Labute approximate surface area is 115 Å². The van der Waals surface area contributed by atoms with Crippen molar-refractivity contribution in [2.45, 2.75) is 13.0 Å². The molecule has 0 fully saturated rings. The Morgan fingerprint density at radius 1 is 1.60 bits per heavy atom. The monoisotopic (exact) mass is 280 g/mol. The van der Waals surface area contributed by atoms with Crippen molar-refractivity contribution in [3.8, 4) is 11.5 Å². The number of carboxylic acid groups (broad SMARTS) is 1. The Morgan fingerprint density at radius 3 is 3.00 bits per heavy atom. The van der Waals surface area contributed by atoms with Crippen LogP contribution in [-0.2, 0) is 9.59 Å². The highest BCUT2D eigenvalue weighted by molar-refractivity contribution is 5.98. The molecule has 1 amide bonds. The second kappa shape index (κ2) is 5.79. The van der Waals surface area contributed by atoms with Crippen LogP contribution in [0.15, 0.2) is 18.2 Å². The van der Waals surface area contributed by atoms with Crippen LogP contribution in [0.5, 0.6) is 11.5 Å². The SMILES string of the molecule is CC(Oc1cccc2c1OCC(=O)N2CCO)C(=O)[O-]. The van der Waals surface area contributed by atoms with Gasteiger partial charge in [0.15, 0.2) is 18.1 Å². The summed E-state index contributed by atoms with van der Waals surface area (Å²) in [6.45, 7) is 1.10. The number of hydrogen-bond acceptors (Lipinski definition) is 6. The Balaban J connectivity index is 2.34. The Morgan fingerprint density at radius 2 is 2.35 bits per heavy atom. The van der Waals surface area contributed by atoms with Gasteiger partial charge in [-0.2, -0.15) is 0 Å². The first-order chi connectivity index (χ1) is 9.54. The number of β-amino-alcohol motifs (C(OH)–C–C–N with tert-alkyl or cyclic N) is 1. The third kappa shape index (κ3) is 2.67. The summed E-state index contributed by atoms with van der Waals surface area (Å²) < 4.78 is 10.6. The molecule has 0 aromatic heterocycles. The van der Waals surface area contributed by atoms with E-state index < -0.39 is 12.1 Å². The number of ether oxygens (including phenoxy) is 2. The van der Waals surface area contributed by atoms with Crippen LogP contribution in [0.4, 0.5) is 5.69 Å². The highest BCUT2D eigenvalue weighted by Gasteiger charge is 2.28. The zero-order valence-electron chi connectivity index (χ0n) is 10.9. The summed E-state index contributed by atoms with van der Waals surface area (Å²) in [5.41, 5.74) is 0.443. The number of benzene rings is 1. The molecule has 1 atom stereocenters. The van der Waals surface area contributed by atoms with E-state index in [1.807, 2.05) is 0 Å². The van der Waals surface area contributed by atoms with Crippen molar-refractivity contribution in [2.75, 3.05) is 24.7 Å². The normalized spacial score (nSPS) is 15.3. The fourth-order valence-electron chi connectivity index (χ4n) is 1.88. The van der Waals surface area contributed by atoms with Crippen molar-refractivity contribution >= 4 is 17.6 Å². The molecule has 0 aliphatic carbocycles. The van der Waals surface area contributed by atoms with Crippen LogP contribution >= 0.6 is 0 Å². The first-order valence-corrected chi connectivity index (χ1v) is 6.09. The van der Waals surface area contributed by atoms with Gasteiger partial charge in [-0.15, -0.1) is 0 Å². The summed E-state index contributed by atoms with van der Waals surface area (Å²) in [4.78, 5) is 23.8. The van der Waals surface area contributed by atoms with Crippen LogP contribution in [-0.4, -0.2) is 42.8 Å². The molecule has 7 heteroatoms. The number of aliphatic hydroxyl groups is 1. The molecule has 108 valence electrons. The van der Waals surface area contributed by atoms with E-state index in [4.69, 9.17) is 14.6 Å². The van der Waals surface area contributed by atoms with Gasteiger partial charge >= 0.3 is 0 Å². The van der Waals surface area contributed by atoms with Crippen LogP contribution in [0.3, 0.4) is 0 Å². The van der Waals surface area contributed by atoms with Crippen LogP contribution < -0.4 is 19.5 Å². The summed E-state index contributed by atoms with van der Waals surface area (Å²) >= 11 is 0. The zero-order valence-corrected chi connectivity index (χ0v) is 10.9. The number of carboxylic acids is 1. The lowest BCUT2D eigenvalue weighted by molar-refractivity contribution is -0.312. The molecule has 1 aliphatic rings. The molecule has 2 rings (SSSR count). The van der Waals surface area contributed by atoms with E-state index in [0.717, 1.165) is 0 Å². The minimum Gasteiger partial charge on any atom is -0.546 e. The number of aliphatic carboxylic acids is 1. The average molecular weight is 280 g/mol. The number of para-hydroxylation sites is 1. The molecule has 7 nitrogen and oxygen atoms in total. The minimum absolute atomic E-state index is 0.134. The Hall–Kier alpha value is -2.28. The number of carbonyl (C=O) groups excluding carboxylic acids is 2. The van der Waals surface area contributed by atoms with Gasteiger partial charge in [-0.1, -0.05) is 6.07 Å². The predicted molar refractivity (Wildman–Crippen MR) is 66.5 cm³/mol. The summed E-state index contributed by atoms with van der Waals surface area (Å²) in [5.74, 6) is -1.12. The van der Waals surface area contributed by atoms with Gasteiger partial charge in [0.1, 0.15) is 6.10 Å². The molecule has 1 N–H and O–H groups in total. The maximum Gasteiger partial charge on any atom is 0.265 e. The molecule has 0 bridgehead atoms. The smallest absolute Gasteiger partial charge is 0.265 e. The minimum atomic E-state index is -1.35. The quantitative estimate of drug-likeness (QED) is 0.736. The van der Waals surface area contributed by atoms with Gasteiger partial charge in [0.2, 0.25) is 0 Å². The van der Waals surface area contributed by atoms with Crippen molar-refractivity contribution < 1.29 is 29.3 Å². The van der Waals surface area contributed by atoms with Gasteiger partial charge in [0.05, 0.1) is 18.3 Å². The maximum absolute atomic E-state index is 11.7. The molecule has 0 saturated carbocycles. The molecule has 20 heavy (non-hydrogen) atoms. The van der Waals surface area contributed by atoms with Crippen LogP contribution in [0.2, 0.25) is 0 Å². The largest absolute Gasteiger partial charge is 0.546 e. The molecule has 0 spiro atoms. The van der Waals surface area contributed by atoms with Crippen molar-refractivity contribution in [1.82, 2.24) is 0 Å². The van der Waals surface area contributed by atoms with Crippen molar-refractivity contribution in [1.29, 1.82) is 0 Å². The van der Waals surface area contributed by atoms with Gasteiger partial charge in [-0.3, -0.25) is 4.79 Å². The molecule has 1 aliphatic heterocycles. The molecule has 1 aromatic rings.